The molecule has 0 fully saturated rings. The Kier molecular flexibility index (Phi) is 5.21. The van der Waals surface area contributed by atoms with Crippen LogP contribution in [0.15, 0.2) is 24.3 Å². The van der Waals surface area contributed by atoms with Gasteiger partial charge in [0.05, 0.1) is 5.75 Å². The molecule has 0 bridgehead atoms. The Morgan fingerprint density at radius 2 is 2.07 bits per heavy atom. The molecule has 4 heteroatoms. The second-order valence-electron chi connectivity index (χ2n) is 3.18. The molecule has 0 aliphatic carbocycles. The van der Waals surface area contributed by atoms with Gasteiger partial charge in [-0.2, -0.15) is 11.8 Å². The zero-order chi connectivity index (χ0) is 11.1. The highest BCUT2D eigenvalue weighted by Gasteiger charge is 2.02. The van der Waals surface area contributed by atoms with Gasteiger partial charge in [0.25, 0.3) is 0 Å². The Morgan fingerprint density at radius 1 is 1.40 bits per heavy atom. The van der Waals surface area contributed by atoms with Gasteiger partial charge in [0.1, 0.15) is 0 Å². The van der Waals surface area contributed by atoms with E-state index in [1.807, 2.05) is 30.5 Å². The summed E-state index contributed by atoms with van der Waals surface area (Å²) in [6.45, 7) is 1.07. The standard InChI is InChI=1S/C11H16N2OS/c1-15-8-11(14)13-7-10-5-3-2-4-9(10)6-12/h2-5H,6-8,12H2,1H3,(H,13,14). The SMILES string of the molecule is CSCC(=O)NCc1ccccc1CN. The zero-order valence-electron chi connectivity index (χ0n) is 8.82. The van der Waals surface area contributed by atoms with E-state index in [0.29, 0.717) is 18.8 Å². The first-order valence-corrected chi connectivity index (χ1v) is 6.19. The fourth-order valence-electron chi connectivity index (χ4n) is 1.31. The van der Waals surface area contributed by atoms with Crippen LogP contribution in [0, 0.1) is 0 Å². The van der Waals surface area contributed by atoms with E-state index in [0.717, 1.165) is 11.1 Å². The molecular formula is C11H16N2OS. The largest absolute Gasteiger partial charge is 0.351 e. The number of hydrogen-bond acceptors (Lipinski definition) is 3. The maximum Gasteiger partial charge on any atom is 0.230 e. The minimum absolute atomic E-state index is 0.0642. The van der Waals surface area contributed by atoms with Crippen LogP contribution in [0.1, 0.15) is 11.1 Å². The van der Waals surface area contributed by atoms with Crippen LogP contribution in [0.2, 0.25) is 0 Å². The van der Waals surface area contributed by atoms with Gasteiger partial charge < -0.3 is 11.1 Å². The second kappa shape index (κ2) is 6.48. The molecule has 0 heterocycles. The monoisotopic (exact) mass is 224 g/mol. The van der Waals surface area contributed by atoms with Crippen molar-refractivity contribution in [2.24, 2.45) is 5.73 Å². The number of thioether (sulfide) groups is 1. The number of carbonyl (C=O) groups excluding carboxylic acids is 1. The van der Waals surface area contributed by atoms with E-state index >= 15 is 0 Å². The van der Waals surface area contributed by atoms with E-state index in [1.165, 1.54) is 11.8 Å². The summed E-state index contributed by atoms with van der Waals surface area (Å²) in [4.78, 5) is 11.3. The molecule has 0 radical (unpaired) electrons. The topological polar surface area (TPSA) is 55.1 Å². The van der Waals surface area contributed by atoms with Crippen LogP contribution in [-0.4, -0.2) is 17.9 Å². The highest BCUT2D eigenvalue weighted by Crippen LogP contribution is 2.07. The summed E-state index contributed by atoms with van der Waals surface area (Å²) in [5, 5.41) is 2.86. The molecule has 1 aromatic carbocycles. The van der Waals surface area contributed by atoms with Crippen LogP contribution in [0.5, 0.6) is 0 Å². The normalized spacial score (nSPS) is 10.0. The lowest BCUT2D eigenvalue weighted by atomic mass is 10.1. The first kappa shape index (κ1) is 12.1. The van der Waals surface area contributed by atoms with Crippen molar-refractivity contribution in [3.8, 4) is 0 Å². The van der Waals surface area contributed by atoms with Gasteiger partial charge in [0.2, 0.25) is 5.91 Å². The molecular weight excluding hydrogens is 208 g/mol. The van der Waals surface area contributed by atoms with Crippen molar-refractivity contribution in [3.63, 3.8) is 0 Å². The molecule has 3 nitrogen and oxygen atoms in total. The van der Waals surface area contributed by atoms with Crippen molar-refractivity contribution in [3.05, 3.63) is 35.4 Å². The average Bonchev–Trinajstić information content (AvgIpc) is 2.27. The van der Waals surface area contributed by atoms with Gasteiger partial charge in [-0.3, -0.25) is 4.79 Å². The lowest BCUT2D eigenvalue weighted by molar-refractivity contribution is -0.118. The van der Waals surface area contributed by atoms with E-state index in [1.54, 1.807) is 0 Å². The first-order valence-electron chi connectivity index (χ1n) is 4.80. The van der Waals surface area contributed by atoms with Crippen molar-refractivity contribution in [2.45, 2.75) is 13.1 Å². The summed E-state index contributed by atoms with van der Waals surface area (Å²) in [6.07, 6.45) is 1.91. The Balaban J connectivity index is 2.53. The van der Waals surface area contributed by atoms with E-state index in [9.17, 15) is 4.79 Å². The van der Waals surface area contributed by atoms with Crippen LogP contribution >= 0.6 is 11.8 Å². The summed E-state index contributed by atoms with van der Waals surface area (Å²) >= 11 is 1.52. The summed E-state index contributed by atoms with van der Waals surface area (Å²) in [7, 11) is 0. The van der Waals surface area contributed by atoms with Crippen LogP contribution in [0.25, 0.3) is 0 Å². The molecule has 1 aromatic rings. The molecule has 82 valence electrons. The Hall–Kier alpha value is -1.00. The van der Waals surface area contributed by atoms with Crippen molar-refractivity contribution >= 4 is 17.7 Å². The van der Waals surface area contributed by atoms with Crippen molar-refractivity contribution < 1.29 is 4.79 Å². The molecule has 3 N–H and O–H groups in total. The summed E-state index contributed by atoms with van der Waals surface area (Å²) in [5.41, 5.74) is 7.78. The lowest BCUT2D eigenvalue weighted by Gasteiger charge is -2.08. The Labute approximate surface area is 94.4 Å². The van der Waals surface area contributed by atoms with E-state index in [2.05, 4.69) is 5.32 Å². The van der Waals surface area contributed by atoms with Crippen LogP contribution in [0.4, 0.5) is 0 Å². The van der Waals surface area contributed by atoms with Gasteiger partial charge in [-0.1, -0.05) is 24.3 Å². The summed E-state index contributed by atoms with van der Waals surface area (Å²) < 4.78 is 0. The highest BCUT2D eigenvalue weighted by molar-refractivity contribution is 7.99. The van der Waals surface area contributed by atoms with Crippen molar-refractivity contribution in [1.29, 1.82) is 0 Å². The molecule has 0 atom stereocenters. The molecule has 0 saturated heterocycles. The number of hydrogen-bond donors (Lipinski definition) is 2. The molecule has 15 heavy (non-hydrogen) atoms. The molecule has 1 amide bonds. The number of nitrogens with two attached hydrogens (primary N) is 1. The quantitative estimate of drug-likeness (QED) is 0.788. The minimum atomic E-state index is 0.0642. The molecule has 0 saturated carbocycles. The van der Waals surface area contributed by atoms with E-state index in [-0.39, 0.29) is 5.91 Å². The van der Waals surface area contributed by atoms with E-state index in [4.69, 9.17) is 5.73 Å². The maximum atomic E-state index is 11.3. The molecule has 0 spiro atoms. The van der Waals surface area contributed by atoms with Gasteiger partial charge in [0.15, 0.2) is 0 Å². The third kappa shape index (κ3) is 3.93. The number of rotatable bonds is 5. The minimum Gasteiger partial charge on any atom is -0.351 e. The first-order chi connectivity index (χ1) is 7.27. The molecule has 0 aliphatic rings. The molecule has 1 rings (SSSR count). The summed E-state index contributed by atoms with van der Waals surface area (Å²) in [6, 6.07) is 7.88. The average molecular weight is 224 g/mol. The highest BCUT2D eigenvalue weighted by atomic mass is 32.2. The van der Waals surface area contributed by atoms with Crippen molar-refractivity contribution in [1.82, 2.24) is 5.32 Å². The Morgan fingerprint density at radius 3 is 2.67 bits per heavy atom. The second-order valence-corrected chi connectivity index (χ2v) is 4.05. The van der Waals surface area contributed by atoms with E-state index < -0.39 is 0 Å². The molecule has 0 aromatic heterocycles. The van der Waals surface area contributed by atoms with Gasteiger partial charge in [-0.25, -0.2) is 0 Å². The van der Waals surface area contributed by atoms with Gasteiger partial charge in [-0.05, 0) is 17.4 Å². The van der Waals surface area contributed by atoms with Gasteiger partial charge in [-0.15, -0.1) is 0 Å². The smallest absolute Gasteiger partial charge is 0.230 e. The number of nitrogens with one attached hydrogen (secondary N) is 1. The number of carbonyl (C=O) groups is 1. The molecule has 0 unspecified atom stereocenters. The fraction of sp³-hybridized carbons (Fsp3) is 0.364. The molecule has 0 aliphatic heterocycles. The predicted molar refractivity (Wildman–Crippen MR) is 64.6 cm³/mol. The zero-order valence-corrected chi connectivity index (χ0v) is 9.64. The van der Waals surface area contributed by atoms with Crippen LogP contribution in [-0.2, 0) is 17.9 Å². The lowest BCUT2D eigenvalue weighted by Crippen LogP contribution is -2.25. The van der Waals surface area contributed by atoms with Gasteiger partial charge in [0, 0.05) is 13.1 Å². The van der Waals surface area contributed by atoms with Gasteiger partial charge >= 0.3 is 0 Å². The third-order valence-electron chi connectivity index (χ3n) is 2.09. The van der Waals surface area contributed by atoms with Crippen LogP contribution in [0.3, 0.4) is 0 Å². The fourth-order valence-corrected chi connectivity index (χ4v) is 1.67. The maximum absolute atomic E-state index is 11.3. The van der Waals surface area contributed by atoms with Crippen LogP contribution < -0.4 is 11.1 Å². The third-order valence-corrected chi connectivity index (χ3v) is 2.64. The predicted octanol–water partition coefficient (Wildman–Crippen LogP) is 1.12. The van der Waals surface area contributed by atoms with Crippen molar-refractivity contribution in [2.75, 3.05) is 12.0 Å². The number of benzene rings is 1. The number of amides is 1. The summed E-state index contributed by atoms with van der Waals surface area (Å²) in [5.74, 6) is 0.569. The Bertz CT molecular complexity index is 328.